The number of carbonyl (C=O) groups excluding carboxylic acids is 1. The molecule has 11 heavy (non-hydrogen) atoms. The third-order valence-corrected chi connectivity index (χ3v) is 2.33. The molecule has 0 radical (unpaired) electrons. The Bertz CT molecular complexity index is 183. The molecule has 2 fully saturated rings. The summed E-state index contributed by atoms with van der Waals surface area (Å²) in [5.74, 6) is 0.424. The van der Waals surface area contributed by atoms with Crippen LogP contribution in [0.15, 0.2) is 0 Å². The minimum Gasteiger partial charge on any atom is -0.444 e. The summed E-state index contributed by atoms with van der Waals surface area (Å²) in [6, 6.07) is 0.186. The molecule has 2 rings (SSSR count). The number of piperidine rings is 1. The van der Waals surface area contributed by atoms with Crippen LogP contribution in [0.4, 0.5) is 4.79 Å². The number of fused-ring (bicyclic) bond motifs is 1. The minimum atomic E-state index is -0.268. The van der Waals surface area contributed by atoms with Gasteiger partial charge in [0, 0.05) is 19.0 Å². The molecule has 62 valence electrons. The first-order chi connectivity index (χ1) is 5.27. The molecular formula is C7H12N2O2. The molecule has 0 unspecified atom stereocenters. The van der Waals surface area contributed by atoms with Crippen molar-refractivity contribution in [3.63, 3.8) is 0 Å². The highest BCUT2D eigenvalue weighted by atomic mass is 16.6. The number of nitrogens with one attached hydrogen (secondary N) is 2. The number of carbonyl (C=O) groups is 1. The van der Waals surface area contributed by atoms with Crippen molar-refractivity contribution in [2.45, 2.75) is 19.1 Å². The Morgan fingerprint density at radius 3 is 3.09 bits per heavy atom. The summed E-state index contributed by atoms with van der Waals surface area (Å²) < 4.78 is 5.09. The highest BCUT2D eigenvalue weighted by Crippen LogP contribution is 2.19. The van der Waals surface area contributed by atoms with Crippen LogP contribution in [0.1, 0.15) is 6.92 Å². The lowest BCUT2D eigenvalue weighted by atomic mass is 9.95. The molecule has 1 amide bonds. The van der Waals surface area contributed by atoms with E-state index in [0.717, 1.165) is 13.1 Å². The van der Waals surface area contributed by atoms with Gasteiger partial charge in [0.25, 0.3) is 0 Å². The van der Waals surface area contributed by atoms with Gasteiger partial charge in [0.15, 0.2) is 0 Å². The quantitative estimate of drug-likeness (QED) is 0.506. The van der Waals surface area contributed by atoms with E-state index >= 15 is 0 Å². The van der Waals surface area contributed by atoms with Gasteiger partial charge in [0.05, 0.1) is 6.04 Å². The third kappa shape index (κ3) is 1.07. The zero-order valence-electron chi connectivity index (χ0n) is 6.46. The normalized spacial score (nSPS) is 42.6. The van der Waals surface area contributed by atoms with E-state index in [1.807, 2.05) is 0 Å². The number of rotatable bonds is 0. The molecule has 2 aliphatic heterocycles. The zero-order chi connectivity index (χ0) is 7.84. The Morgan fingerprint density at radius 1 is 1.55 bits per heavy atom. The standard InChI is InChI=1S/C7H12N2O2/c1-4-2-8-3-5-6(4)11-7(10)9-5/h4-6,8H,2-3H2,1H3,(H,9,10)/t4-,5-,6+/m1/s1. The topological polar surface area (TPSA) is 50.4 Å². The molecule has 2 heterocycles. The van der Waals surface area contributed by atoms with Gasteiger partial charge in [0.2, 0.25) is 0 Å². The van der Waals surface area contributed by atoms with Crippen LogP contribution in [-0.4, -0.2) is 31.3 Å². The molecule has 0 bridgehead atoms. The average Bonchev–Trinajstić information content (AvgIpc) is 2.31. The van der Waals surface area contributed by atoms with Crippen molar-refractivity contribution < 1.29 is 9.53 Å². The number of alkyl carbamates (subject to hydrolysis) is 1. The molecule has 3 atom stereocenters. The molecule has 4 heteroatoms. The van der Waals surface area contributed by atoms with Crippen LogP contribution in [-0.2, 0) is 4.74 Å². The van der Waals surface area contributed by atoms with E-state index in [2.05, 4.69) is 17.6 Å². The second-order valence-corrected chi connectivity index (χ2v) is 3.26. The number of hydrogen-bond donors (Lipinski definition) is 2. The zero-order valence-corrected chi connectivity index (χ0v) is 6.46. The summed E-state index contributed by atoms with van der Waals surface area (Å²) in [6.45, 7) is 3.86. The van der Waals surface area contributed by atoms with Crippen molar-refractivity contribution in [3.05, 3.63) is 0 Å². The van der Waals surface area contributed by atoms with Gasteiger partial charge in [-0.3, -0.25) is 0 Å². The third-order valence-electron chi connectivity index (χ3n) is 2.33. The van der Waals surface area contributed by atoms with Crippen LogP contribution in [0.2, 0.25) is 0 Å². The summed E-state index contributed by atoms with van der Waals surface area (Å²) in [5.41, 5.74) is 0. The van der Waals surface area contributed by atoms with Crippen LogP contribution in [0, 0.1) is 5.92 Å². The lowest BCUT2D eigenvalue weighted by molar-refractivity contribution is 0.0831. The maximum atomic E-state index is 10.8. The lowest BCUT2D eigenvalue weighted by Crippen LogP contribution is -2.51. The van der Waals surface area contributed by atoms with Crippen molar-refractivity contribution in [2.75, 3.05) is 13.1 Å². The Kier molecular flexibility index (Phi) is 1.49. The summed E-state index contributed by atoms with van der Waals surface area (Å²) >= 11 is 0. The van der Waals surface area contributed by atoms with E-state index < -0.39 is 0 Å². The van der Waals surface area contributed by atoms with E-state index in [9.17, 15) is 4.79 Å². The molecule has 0 saturated carbocycles. The molecule has 0 aromatic rings. The number of hydrogen-bond acceptors (Lipinski definition) is 3. The van der Waals surface area contributed by atoms with Crippen molar-refractivity contribution in [1.29, 1.82) is 0 Å². The van der Waals surface area contributed by atoms with Gasteiger partial charge in [-0.1, -0.05) is 6.92 Å². The maximum absolute atomic E-state index is 10.8. The van der Waals surface area contributed by atoms with Crippen LogP contribution in [0.5, 0.6) is 0 Å². The van der Waals surface area contributed by atoms with Crippen molar-refractivity contribution in [1.82, 2.24) is 10.6 Å². The molecule has 2 N–H and O–H groups in total. The van der Waals surface area contributed by atoms with E-state index in [4.69, 9.17) is 4.74 Å². The predicted octanol–water partition coefficient (Wildman–Crippen LogP) is -0.297. The number of amides is 1. The summed E-state index contributed by atoms with van der Waals surface area (Å²) in [6.07, 6.45) is -0.181. The molecule has 0 aromatic carbocycles. The molecule has 0 spiro atoms. The van der Waals surface area contributed by atoms with Crippen molar-refractivity contribution in [2.24, 2.45) is 5.92 Å². The van der Waals surface area contributed by atoms with Gasteiger partial charge in [-0.05, 0) is 0 Å². The summed E-state index contributed by atoms with van der Waals surface area (Å²) in [7, 11) is 0. The molecular weight excluding hydrogens is 144 g/mol. The predicted molar refractivity (Wildman–Crippen MR) is 39.2 cm³/mol. The van der Waals surface area contributed by atoms with E-state index in [1.165, 1.54) is 0 Å². The monoisotopic (exact) mass is 156 g/mol. The second-order valence-electron chi connectivity index (χ2n) is 3.26. The van der Waals surface area contributed by atoms with Crippen LogP contribution in [0.3, 0.4) is 0 Å². The van der Waals surface area contributed by atoms with E-state index in [0.29, 0.717) is 5.92 Å². The first kappa shape index (κ1) is 6.91. The fourth-order valence-corrected chi connectivity index (χ4v) is 1.74. The molecule has 4 nitrogen and oxygen atoms in total. The van der Waals surface area contributed by atoms with E-state index in [1.54, 1.807) is 0 Å². The largest absolute Gasteiger partial charge is 0.444 e. The average molecular weight is 156 g/mol. The van der Waals surface area contributed by atoms with Gasteiger partial charge in [0.1, 0.15) is 6.10 Å². The Balaban J connectivity index is 2.09. The van der Waals surface area contributed by atoms with Gasteiger partial charge in [-0.15, -0.1) is 0 Å². The maximum Gasteiger partial charge on any atom is 0.407 e. The summed E-state index contributed by atoms with van der Waals surface area (Å²) in [4.78, 5) is 10.8. The Labute approximate surface area is 65.3 Å². The Hall–Kier alpha value is -0.770. The van der Waals surface area contributed by atoms with Gasteiger partial charge >= 0.3 is 6.09 Å². The van der Waals surface area contributed by atoms with Crippen LogP contribution >= 0.6 is 0 Å². The fourth-order valence-electron chi connectivity index (χ4n) is 1.74. The van der Waals surface area contributed by atoms with Gasteiger partial charge in [-0.2, -0.15) is 0 Å². The van der Waals surface area contributed by atoms with Crippen LogP contribution < -0.4 is 10.6 Å². The minimum absolute atomic E-state index is 0.0868. The van der Waals surface area contributed by atoms with Crippen molar-refractivity contribution in [3.8, 4) is 0 Å². The first-order valence-corrected chi connectivity index (χ1v) is 3.95. The fraction of sp³-hybridized carbons (Fsp3) is 0.857. The molecule has 0 aliphatic carbocycles. The van der Waals surface area contributed by atoms with Gasteiger partial charge in [-0.25, -0.2) is 4.79 Å². The number of ether oxygens (including phenoxy) is 1. The summed E-state index contributed by atoms with van der Waals surface area (Å²) in [5, 5.41) is 5.99. The second kappa shape index (κ2) is 2.37. The Morgan fingerprint density at radius 2 is 2.36 bits per heavy atom. The smallest absolute Gasteiger partial charge is 0.407 e. The molecule has 2 saturated heterocycles. The van der Waals surface area contributed by atoms with E-state index in [-0.39, 0.29) is 18.2 Å². The highest BCUT2D eigenvalue weighted by molar-refractivity contribution is 5.70. The highest BCUT2D eigenvalue weighted by Gasteiger charge is 2.39. The van der Waals surface area contributed by atoms with Crippen LogP contribution in [0.25, 0.3) is 0 Å². The lowest BCUT2D eigenvalue weighted by Gasteiger charge is -2.28. The van der Waals surface area contributed by atoms with Gasteiger partial charge < -0.3 is 15.4 Å². The molecule has 2 aliphatic rings. The van der Waals surface area contributed by atoms with Crippen molar-refractivity contribution >= 4 is 6.09 Å². The first-order valence-electron chi connectivity index (χ1n) is 3.95. The molecule has 0 aromatic heterocycles. The SMILES string of the molecule is C[C@@H]1CNC[C@H]2NC(=O)O[C@@H]12.